The molecular weight excluding hydrogens is 164 g/mol. The van der Waals surface area contributed by atoms with E-state index in [9.17, 15) is 0 Å². The summed E-state index contributed by atoms with van der Waals surface area (Å²) in [5.41, 5.74) is 0. The van der Waals surface area contributed by atoms with E-state index in [0.29, 0.717) is 0 Å². The van der Waals surface area contributed by atoms with Crippen LogP contribution in [0.2, 0.25) is 0 Å². The van der Waals surface area contributed by atoms with Gasteiger partial charge in [-0.15, -0.1) is 18.7 Å². The molecule has 2 aromatic heterocycles. The monoisotopic (exact) mass is 178 g/mol. The summed E-state index contributed by atoms with van der Waals surface area (Å²) in [6, 6.07) is 4.06. The van der Waals surface area contributed by atoms with Crippen molar-refractivity contribution in [3.05, 3.63) is 36.9 Å². The maximum Gasteiger partial charge on any atom is 0.205 e. The zero-order chi connectivity index (χ0) is 9.26. The van der Waals surface area contributed by atoms with Gasteiger partial charge in [0.1, 0.15) is 0 Å². The predicted molar refractivity (Wildman–Crippen MR) is 46.6 cm³/mol. The molecule has 0 N–H and O–H groups in total. The van der Waals surface area contributed by atoms with E-state index in [2.05, 4.69) is 31.1 Å². The Balaban J connectivity index is 2.24. The van der Waals surface area contributed by atoms with Gasteiger partial charge in [0, 0.05) is 12.1 Å². The second-order valence-electron chi connectivity index (χ2n) is 3.15. The zero-order valence-corrected chi connectivity index (χ0v) is 7.96. The molecule has 0 aliphatic rings. The summed E-state index contributed by atoms with van der Waals surface area (Å²) < 4.78 is 8.36. The molecule has 0 aromatic carbocycles. The van der Waals surface area contributed by atoms with E-state index in [1.54, 1.807) is 0 Å². The maximum absolute atomic E-state index is 2.12. The van der Waals surface area contributed by atoms with Crippen molar-refractivity contribution in [2.75, 3.05) is 0 Å². The van der Waals surface area contributed by atoms with Crippen molar-refractivity contribution < 1.29 is 9.36 Å². The van der Waals surface area contributed by atoms with Crippen LogP contribution in [0.5, 0.6) is 0 Å². The SMILES string of the molecule is C[n+]1cccn1Cn1ccc[n+]1C. The molecule has 0 fully saturated rings. The lowest BCUT2D eigenvalue weighted by Gasteiger charge is -1.99. The minimum Gasteiger partial charge on any atom is -0.135 e. The molecule has 2 heterocycles. The molecule has 0 spiro atoms. The fourth-order valence-corrected chi connectivity index (χ4v) is 1.35. The van der Waals surface area contributed by atoms with E-state index in [-0.39, 0.29) is 0 Å². The van der Waals surface area contributed by atoms with E-state index in [0.717, 1.165) is 6.67 Å². The molecule has 0 radical (unpaired) electrons. The molecule has 0 amide bonds. The predicted octanol–water partition coefficient (Wildman–Crippen LogP) is -0.556. The van der Waals surface area contributed by atoms with E-state index in [1.165, 1.54) is 0 Å². The highest BCUT2D eigenvalue weighted by atomic mass is 15.5. The zero-order valence-electron chi connectivity index (χ0n) is 7.96. The van der Waals surface area contributed by atoms with Crippen LogP contribution in [0, 0.1) is 0 Å². The third-order valence-electron chi connectivity index (χ3n) is 2.22. The Morgan fingerprint density at radius 3 is 1.69 bits per heavy atom. The van der Waals surface area contributed by atoms with Gasteiger partial charge < -0.3 is 0 Å². The number of hydrogen-bond acceptors (Lipinski definition) is 0. The van der Waals surface area contributed by atoms with Crippen molar-refractivity contribution in [1.82, 2.24) is 9.36 Å². The van der Waals surface area contributed by atoms with Gasteiger partial charge in [0.25, 0.3) is 0 Å². The molecule has 4 heteroatoms. The second-order valence-corrected chi connectivity index (χ2v) is 3.15. The van der Waals surface area contributed by atoms with Crippen molar-refractivity contribution in [2.45, 2.75) is 6.67 Å². The quantitative estimate of drug-likeness (QED) is 0.549. The third kappa shape index (κ3) is 1.47. The van der Waals surface area contributed by atoms with E-state index >= 15 is 0 Å². The van der Waals surface area contributed by atoms with Gasteiger partial charge in [-0.3, -0.25) is 0 Å². The molecule has 0 aliphatic carbocycles. The van der Waals surface area contributed by atoms with Gasteiger partial charge in [0.05, 0.1) is 12.4 Å². The van der Waals surface area contributed by atoms with Crippen molar-refractivity contribution >= 4 is 0 Å². The molecule has 0 saturated heterocycles. The normalized spacial score (nSPS) is 10.6. The summed E-state index contributed by atoms with van der Waals surface area (Å²) in [6.07, 6.45) is 8.17. The van der Waals surface area contributed by atoms with Crippen LogP contribution in [0.15, 0.2) is 36.9 Å². The topological polar surface area (TPSA) is 17.6 Å². The maximum atomic E-state index is 2.12. The van der Waals surface area contributed by atoms with Crippen LogP contribution in [0.3, 0.4) is 0 Å². The Morgan fingerprint density at radius 1 is 0.923 bits per heavy atom. The summed E-state index contributed by atoms with van der Waals surface area (Å²) in [4.78, 5) is 0. The highest BCUT2D eigenvalue weighted by molar-refractivity contribution is 4.74. The first-order valence-corrected chi connectivity index (χ1v) is 4.29. The smallest absolute Gasteiger partial charge is 0.135 e. The minimum absolute atomic E-state index is 0.840. The average Bonchev–Trinajstić information content (AvgIpc) is 2.65. The lowest BCUT2D eigenvalue weighted by molar-refractivity contribution is -0.779. The molecular formula is C9H14N4+2. The fourth-order valence-electron chi connectivity index (χ4n) is 1.35. The molecule has 0 saturated carbocycles. The fraction of sp³-hybridized carbons (Fsp3) is 0.333. The molecule has 0 unspecified atom stereocenters. The summed E-state index contributed by atoms with van der Waals surface area (Å²) >= 11 is 0. The van der Waals surface area contributed by atoms with Crippen molar-refractivity contribution in [3.63, 3.8) is 0 Å². The summed E-state index contributed by atoms with van der Waals surface area (Å²) in [5.74, 6) is 0. The summed E-state index contributed by atoms with van der Waals surface area (Å²) in [7, 11) is 4.06. The highest BCUT2D eigenvalue weighted by Crippen LogP contribution is 1.85. The lowest BCUT2D eigenvalue weighted by Crippen LogP contribution is -2.45. The molecule has 68 valence electrons. The Morgan fingerprint density at radius 2 is 1.38 bits per heavy atom. The van der Waals surface area contributed by atoms with Crippen LogP contribution in [0.25, 0.3) is 0 Å². The largest absolute Gasteiger partial charge is 0.205 e. The first kappa shape index (κ1) is 8.04. The van der Waals surface area contributed by atoms with Crippen LogP contribution in [0.4, 0.5) is 0 Å². The number of rotatable bonds is 2. The van der Waals surface area contributed by atoms with Crippen LogP contribution in [-0.4, -0.2) is 9.36 Å². The number of nitrogens with zero attached hydrogens (tertiary/aromatic N) is 4. The summed E-state index contributed by atoms with van der Waals surface area (Å²) in [6.45, 7) is 0.840. The second kappa shape index (κ2) is 3.05. The number of hydrogen-bond donors (Lipinski definition) is 0. The highest BCUT2D eigenvalue weighted by Gasteiger charge is 2.06. The Labute approximate surface area is 77.2 Å². The Hall–Kier alpha value is -1.58. The van der Waals surface area contributed by atoms with Gasteiger partial charge in [-0.2, -0.15) is 0 Å². The van der Waals surface area contributed by atoms with Gasteiger partial charge in [0.15, 0.2) is 26.5 Å². The summed E-state index contributed by atoms with van der Waals surface area (Å²) in [5, 5.41) is 0. The third-order valence-corrected chi connectivity index (χ3v) is 2.22. The van der Waals surface area contributed by atoms with E-state index < -0.39 is 0 Å². The Kier molecular flexibility index (Phi) is 1.88. The van der Waals surface area contributed by atoms with E-state index in [4.69, 9.17) is 0 Å². The molecule has 4 nitrogen and oxygen atoms in total. The number of aryl methyl sites for hydroxylation is 2. The lowest BCUT2D eigenvalue weighted by atomic mass is 10.7. The first-order valence-electron chi connectivity index (χ1n) is 4.29. The molecule has 2 rings (SSSR count). The van der Waals surface area contributed by atoms with Crippen LogP contribution >= 0.6 is 0 Å². The van der Waals surface area contributed by atoms with Crippen molar-refractivity contribution in [1.29, 1.82) is 0 Å². The molecule has 2 aromatic rings. The molecule has 0 aliphatic heterocycles. The van der Waals surface area contributed by atoms with Crippen molar-refractivity contribution in [3.8, 4) is 0 Å². The molecule has 13 heavy (non-hydrogen) atoms. The Bertz CT molecular complexity index is 361. The molecule has 0 bridgehead atoms. The van der Waals surface area contributed by atoms with Gasteiger partial charge in [0.2, 0.25) is 6.67 Å². The first-order chi connectivity index (χ1) is 6.27. The van der Waals surface area contributed by atoms with Crippen molar-refractivity contribution in [2.24, 2.45) is 14.1 Å². The van der Waals surface area contributed by atoms with Gasteiger partial charge >= 0.3 is 0 Å². The number of aromatic nitrogens is 4. The van der Waals surface area contributed by atoms with Gasteiger partial charge in [-0.05, 0) is 0 Å². The van der Waals surface area contributed by atoms with Crippen LogP contribution in [0.1, 0.15) is 0 Å². The standard InChI is InChI=1S/C9H14N4/c1-10-5-3-7-12(10)9-13-8-4-6-11(13)2/h3-8H,9H2,1-2H3/q+2. The van der Waals surface area contributed by atoms with E-state index in [1.807, 2.05) is 38.6 Å². The average molecular weight is 178 g/mol. The van der Waals surface area contributed by atoms with Gasteiger partial charge in [-0.25, -0.2) is 0 Å². The minimum atomic E-state index is 0.840. The van der Waals surface area contributed by atoms with Crippen LogP contribution in [-0.2, 0) is 20.8 Å². The molecule has 0 atom stereocenters. The van der Waals surface area contributed by atoms with Gasteiger partial charge in [-0.1, -0.05) is 0 Å². The van der Waals surface area contributed by atoms with Crippen LogP contribution < -0.4 is 9.36 Å².